The molecule has 2 unspecified atom stereocenters. The molecule has 10 heteroatoms. The van der Waals surface area contributed by atoms with Crippen molar-refractivity contribution in [1.82, 2.24) is 30.3 Å². The van der Waals surface area contributed by atoms with Crippen molar-refractivity contribution < 1.29 is 14.3 Å². The van der Waals surface area contributed by atoms with Crippen LogP contribution in [0.4, 0.5) is 5.69 Å². The fourth-order valence-corrected chi connectivity index (χ4v) is 9.22. The number of amides is 2. The zero-order valence-corrected chi connectivity index (χ0v) is 33.0. The molecule has 2 atom stereocenters. The van der Waals surface area contributed by atoms with Gasteiger partial charge < -0.3 is 25.6 Å². The molecule has 3 saturated heterocycles. The van der Waals surface area contributed by atoms with Crippen molar-refractivity contribution in [2.75, 3.05) is 25.6 Å². The highest BCUT2D eigenvalue weighted by Crippen LogP contribution is 2.39. The zero-order valence-electron chi connectivity index (χ0n) is 33.0. The zero-order chi connectivity index (χ0) is 38.6. The first kappa shape index (κ1) is 37.8. The van der Waals surface area contributed by atoms with Crippen LogP contribution in [0.25, 0.3) is 22.2 Å². The number of carbonyl (C=O) groups excluding carboxylic acids is 2. The van der Waals surface area contributed by atoms with Crippen molar-refractivity contribution in [2.45, 2.75) is 103 Å². The first-order chi connectivity index (χ1) is 27.4. The third-order valence-corrected chi connectivity index (χ3v) is 12.3. The summed E-state index contributed by atoms with van der Waals surface area (Å²) in [7, 11) is 2.31. The Balaban J connectivity index is 0.911. The topological polar surface area (TPSA) is 113 Å². The molecule has 8 rings (SSSR count). The van der Waals surface area contributed by atoms with Gasteiger partial charge in [-0.2, -0.15) is 5.10 Å². The molecule has 3 aliphatic rings. The Morgan fingerprint density at radius 1 is 0.804 bits per heavy atom. The number of piperidine rings is 1. The van der Waals surface area contributed by atoms with E-state index in [0.717, 1.165) is 96.1 Å². The van der Waals surface area contributed by atoms with Gasteiger partial charge in [0.15, 0.2) is 5.65 Å². The predicted molar refractivity (Wildman–Crippen MR) is 222 cm³/mol. The lowest BCUT2D eigenvalue weighted by atomic mass is 9.85. The summed E-state index contributed by atoms with van der Waals surface area (Å²) < 4.78 is 7.53. The van der Waals surface area contributed by atoms with Crippen LogP contribution in [0.5, 0.6) is 0 Å². The molecule has 5 heterocycles. The fourth-order valence-electron chi connectivity index (χ4n) is 9.22. The van der Waals surface area contributed by atoms with Gasteiger partial charge >= 0.3 is 0 Å². The number of nitrogens with zero attached hydrogens (tertiary/aromatic N) is 4. The lowest BCUT2D eigenvalue weighted by Crippen LogP contribution is -2.40. The standard InChI is InChI=1S/C46H55N7O3/c1-4-42-40(43(50-37-17-19-56-20-18-37)41-29-49-53(5-2)44(41)51-42)28-48-46(55)36-14-8-13-35(26-36)45(54)47-27-31-10-7-12-34(23-31)33-11-6-9-30(22-33)21-32-24-38-15-16-39(25-32)52(38)3/h6-14,22-23,26,29,32,37-39H,4-5,15-21,24-25,27-28H2,1-3H3,(H,47,54)(H,48,55)(H,50,51). The lowest BCUT2D eigenvalue weighted by Gasteiger charge is -2.36. The molecule has 3 aromatic carbocycles. The van der Waals surface area contributed by atoms with Gasteiger partial charge in [0.05, 0.1) is 17.3 Å². The quantitative estimate of drug-likeness (QED) is 0.114. The van der Waals surface area contributed by atoms with E-state index < -0.39 is 0 Å². The van der Waals surface area contributed by atoms with Gasteiger partial charge in [0.25, 0.3) is 11.8 Å². The molecule has 2 bridgehead atoms. The van der Waals surface area contributed by atoms with Crippen molar-refractivity contribution in [3.63, 3.8) is 0 Å². The number of hydrogen-bond donors (Lipinski definition) is 3. The number of fused-ring (bicyclic) bond motifs is 3. The van der Waals surface area contributed by atoms with Gasteiger partial charge in [-0.05, 0) is 118 Å². The van der Waals surface area contributed by atoms with Gasteiger partial charge in [-0.15, -0.1) is 0 Å². The first-order valence-electron chi connectivity index (χ1n) is 20.6. The summed E-state index contributed by atoms with van der Waals surface area (Å²) >= 11 is 0. The molecule has 292 valence electrons. The number of carbonyl (C=O) groups is 2. The van der Waals surface area contributed by atoms with E-state index in [0.29, 0.717) is 30.6 Å². The molecule has 0 spiro atoms. The molecule has 0 saturated carbocycles. The van der Waals surface area contributed by atoms with Crippen LogP contribution in [0.3, 0.4) is 0 Å². The number of rotatable bonds is 13. The average molecular weight is 754 g/mol. The largest absolute Gasteiger partial charge is 0.381 e. The van der Waals surface area contributed by atoms with Gasteiger partial charge in [-0.3, -0.25) is 9.59 Å². The molecule has 5 aromatic rings. The summed E-state index contributed by atoms with van der Waals surface area (Å²) in [5.74, 6) is 0.278. The molecule has 3 fully saturated rings. The third-order valence-electron chi connectivity index (χ3n) is 12.3. The van der Waals surface area contributed by atoms with E-state index in [1.165, 1.54) is 36.8 Å². The number of aryl methyl sites for hydroxylation is 2. The molecule has 3 aliphatic heterocycles. The fraction of sp³-hybridized carbons (Fsp3) is 0.435. The maximum absolute atomic E-state index is 13.6. The monoisotopic (exact) mass is 753 g/mol. The van der Waals surface area contributed by atoms with Gasteiger partial charge in [0.2, 0.25) is 0 Å². The van der Waals surface area contributed by atoms with Crippen molar-refractivity contribution >= 4 is 28.5 Å². The molecular formula is C46H55N7O3. The Morgan fingerprint density at radius 2 is 1.45 bits per heavy atom. The maximum atomic E-state index is 13.6. The Kier molecular flexibility index (Phi) is 11.5. The summed E-state index contributed by atoms with van der Waals surface area (Å²) in [5, 5.41) is 15.5. The van der Waals surface area contributed by atoms with Crippen LogP contribution in [-0.2, 0) is 37.2 Å². The molecule has 56 heavy (non-hydrogen) atoms. The van der Waals surface area contributed by atoms with E-state index in [1.807, 2.05) is 16.9 Å². The maximum Gasteiger partial charge on any atom is 0.251 e. The van der Waals surface area contributed by atoms with E-state index in [-0.39, 0.29) is 17.9 Å². The minimum Gasteiger partial charge on any atom is -0.381 e. The summed E-state index contributed by atoms with van der Waals surface area (Å²) in [4.78, 5) is 34.7. The molecule has 0 radical (unpaired) electrons. The SMILES string of the molecule is CCc1nc2c(cnn2CC)c(NC2CCOCC2)c1CNC(=O)c1cccc(C(=O)NCc2cccc(-c3cccc(CC4CC5CCC(C4)N5C)c3)c2)c1. The van der Waals surface area contributed by atoms with Crippen molar-refractivity contribution in [2.24, 2.45) is 5.92 Å². The van der Waals surface area contributed by atoms with Crippen LogP contribution in [0.15, 0.2) is 79.0 Å². The van der Waals surface area contributed by atoms with Crippen LogP contribution in [0, 0.1) is 5.92 Å². The van der Waals surface area contributed by atoms with E-state index in [1.54, 1.807) is 24.3 Å². The number of ether oxygens (including phenoxy) is 1. The van der Waals surface area contributed by atoms with E-state index >= 15 is 0 Å². The van der Waals surface area contributed by atoms with Gasteiger partial charge in [0, 0.05) is 73.4 Å². The van der Waals surface area contributed by atoms with Crippen LogP contribution in [0.2, 0.25) is 0 Å². The van der Waals surface area contributed by atoms with Crippen molar-refractivity contribution in [1.29, 1.82) is 0 Å². The molecule has 0 aliphatic carbocycles. The summed E-state index contributed by atoms with van der Waals surface area (Å²) in [5.41, 5.74) is 9.34. The predicted octanol–water partition coefficient (Wildman–Crippen LogP) is 7.55. The van der Waals surface area contributed by atoms with Crippen LogP contribution >= 0.6 is 0 Å². The smallest absolute Gasteiger partial charge is 0.251 e. The Morgan fingerprint density at radius 3 is 2.12 bits per heavy atom. The minimum atomic E-state index is -0.249. The Hall–Kier alpha value is -5.06. The third kappa shape index (κ3) is 8.22. The highest BCUT2D eigenvalue weighted by molar-refractivity contribution is 6.00. The van der Waals surface area contributed by atoms with Gasteiger partial charge in [0.1, 0.15) is 0 Å². The average Bonchev–Trinajstić information content (AvgIpc) is 3.73. The molecule has 2 amide bonds. The Bertz CT molecular complexity index is 2180. The first-order valence-corrected chi connectivity index (χ1v) is 20.6. The number of anilines is 1. The van der Waals surface area contributed by atoms with Crippen LogP contribution in [-0.4, -0.2) is 69.9 Å². The van der Waals surface area contributed by atoms with Gasteiger partial charge in [-0.25, -0.2) is 9.67 Å². The Labute approximate surface area is 330 Å². The van der Waals surface area contributed by atoms with Crippen LogP contribution < -0.4 is 16.0 Å². The number of hydrogen-bond acceptors (Lipinski definition) is 7. The number of nitrogens with one attached hydrogen (secondary N) is 3. The van der Waals surface area contributed by atoms with E-state index in [9.17, 15) is 9.59 Å². The molecular weight excluding hydrogens is 699 g/mol. The normalized spacial score (nSPS) is 19.9. The van der Waals surface area contributed by atoms with Crippen LogP contribution in [0.1, 0.15) is 95.5 Å². The highest BCUT2D eigenvalue weighted by Gasteiger charge is 2.38. The lowest BCUT2D eigenvalue weighted by molar-refractivity contribution is 0.0904. The van der Waals surface area contributed by atoms with E-state index in [4.69, 9.17) is 9.72 Å². The van der Waals surface area contributed by atoms with Crippen molar-refractivity contribution in [3.8, 4) is 11.1 Å². The summed E-state index contributed by atoms with van der Waals surface area (Å²) in [6.45, 7) is 6.98. The van der Waals surface area contributed by atoms with Gasteiger partial charge in [-0.1, -0.05) is 55.5 Å². The second kappa shape index (κ2) is 17.0. The van der Waals surface area contributed by atoms with Crippen molar-refractivity contribution in [3.05, 3.63) is 113 Å². The number of pyridine rings is 1. The second-order valence-corrected chi connectivity index (χ2v) is 15.9. The summed E-state index contributed by atoms with van der Waals surface area (Å²) in [6, 6.07) is 26.1. The second-order valence-electron chi connectivity index (χ2n) is 15.9. The van der Waals surface area contributed by atoms with E-state index in [2.05, 4.69) is 89.3 Å². The molecule has 2 aromatic heterocycles. The molecule has 3 N–H and O–H groups in total. The molecule has 10 nitrogen and oxygen atoms in total. The summed E-state index contributed by atoms with van der Waals surface area (Å²) in [6.07, 6.45) is 10.8. The number of aromatic nitrogens is 3. The number of benzene rings is 3. The minimum absolute atomic E-state index is 0.224. The highest BCUT2D eigenvalue weighted by atomic mass is 16.5.